The zero-order valence-electron chi connectivity index (χ0n) is 17.8. The van der Waals surface area contributed by atoms with Crippen molar-refractivity contribution in [3.05, 3.63) is 57.9 Å². The van der Waals surface area contributed by atoms with E-state index in [-0.39, 0.29) is 5.91 Å². The fraction of sp³-hybridized carbons (Fsp3) is 0.364. The largest absolute Gasteiger partial charge is 0.368 e. The van der Waals surface area contributed by atoms with Gasteiger partial charge in [-0.05, 0) is 51.0 Å². The van der Waals surface area contributed by atoms with Crippen LogP contribution in [0.25, 0.3) is 0 Å². The molecule has 8 heteroatoms. The normalized spacial score (nSPS) is 14.1. The van der Waals surface area contributed by atoms with Crippen LogP contribution in [-0.4, -0.2) is 51.9 Å². The Bertz CT molecular complexity index is 1050. The average Bonchev–Trinajstić information content (AvgIpc) is 3.17. The van der Waals surface area contributed by atoms with Gasteiger partial charge < -0.3 is 15.1 Å². The SMILES string of the molecule is Cc1ccc(C)c(N2CCN(C(=O)c3csc(Nc4nc(C)cc(C)n4)n3)CC2)c1. The van der Waals surface area contributed by atoms with Gasteiger partial charge in [-0.1, -0.05) is 12.1 Å². The summed E-state index contributed by atoms with van der Waals surface area (Å²) in [6.45, 7) is 11.1. The van der Waals surface area contributed by atoms with Crippen LogP contribution in [0.4, 0.5) is 16.8 Å². The first-order valence-corrected chi connectivity index (χ1v) is 10.9. The molecule has 1 aromatic carbocycles. The molecule has 0 aliphatic carbocycles. The molecule has 1 aliphatic rings. The lowest BCUT2D eigenvalue weighted by molar-refractivity contribution is 0.0742. The summed E-state index contributed by atoms with van der Waals surface area (Å²) < 4.78 is 0. The summed E-state index contributed by atoms with van der Waals surface area (Å²) in [6, 6.07) is 8.43. The average molecular weight is 423 g/mol. The molecule has 0 unspecified atom stereocenters. The maximum absolute atomic E-state index is 12.9. The van der Waals surface area contributed by atoms with E-state index < -0.39 is 0 Å². The predicted octanol–water partition coefficient (Wildman–Crippen LogP) is 3.87. The third-order valence-corrected chi connectivity index (χ3v) is 5.95. The van der Waals surface area contributed by atoms with Gasteiger partial charge in [-0.25, -0.2) is 15.0 Å². The van der Waals surface area contributed by atoms with Crippen molar-refractivity contribution in [2.75, 3.05) is 36.4 Å². The van der Waals surface area contributed by atoms with Gasteiger partial charge in [-0.3, -0.25) is 4.79 Å². The molecule has 3 heterocycles. The first-order chi connectivity index (χ1) is 14.4. The number of carbonyl (C=O) groups excluding carboxylic acids is 1. The highest BCUT2D eigenvalue weighted by Crippen LogP contribution is 2.24. The van der Waals surface area contributed by atoms with Crippen molar-refractivity contribution in [1.82, 2.24) is 19.9 Å². The minimum Gasteiger partial charge on any atom is -0.368 e. The summed E-state index contributed by atoms with van der Waals surface area (Å²) in [6.07, 6.45) is 0. The van der Waals surface area contributed by atoms with Gasteiger partial charge in [-0.15, -0.1) is 11.3 Å². The molecule has 1 N–H and O–H groups in total. The Morgan fingerprint density at radius 1 is 0.967 bits per heavy atom. The van der Waals surface area contributed by atoms with Crippen molar-refractivity contribution >= 4 is 34.0 Å². The van der Waals surface area contributed by atoms with Crippen molar-refractivity contribution in [3.8, 4) is 0 Å². The van der Waals surface area contributed by atoms with Gasteiger partial charge in [0.05, 0.1) is 0 Å². The van der Waals surface area contributed by atoms with Gasteiger partial charge in [0.2, 0.25) is 5.95 Å². The van der Waals surface area contributed by atoms with Crippen LogP contribution in [0, 0.1) is 27.7 Å². The zero-order chi connectivity index (χ0) is 21.3. The third kappa shape index (κ3) is 4.43. The number of hydrogen-bond donors (Lipinski definition) is 1. The standard InChI is InChI=1S/C22H26N6OS/c1-14-5-6-15(2)19(11-14)27-7-9-28(10-8-27)20(29)18-13-30-22(25-18)26-21-23-16(3)12-17(4)24-21/h5-6,11-13H,7-10H2,1-4H3,(H,23,24,25,26). The maximum atomic E-state index is 12.9. The molecule has 2 aromatic heterocycles. The first kappa shape index (κ1) is 20.3. The van der Waals surface area contributed by atoms with E-state index >= 15 is 0 Å². The van der Waals surface area contributed by atoms with Crippen molar-refractivity contribution < 1.29 is 4.79 Å². The monoisotopic (exact) mass is 422 g/mol. The van der Waals surface area contributed by atoms with Gasteiger partial charge in [0, 0.05) is 48.6 Å². The maximum Gasteiger partial charge on any atom is 0.273 e. The van der Waals surface area contributed by atoms with Crippen LogP contribution in [0.15, 0.2) is 29.6 Å². The first-order valence-electron chi connectivity index (χ1n) is 10.1. The van der Waals surface area contributed by atoms with Crippen LogP contribution in [0.2, 0.25) is 0 Å². The molecule has 156 valence electrons. The van der Waals surface area contributed by atoms with E-state index in [0.717, 1.165) is 24.5 Å². The van der Waals surface area contributed by atoms with Gasteiger partial charge in [0.1, 0.15) is 5.69 Å². The van der Waals surface area contributed by atoms with E-state index in [4.69, 9.17) is 0 Å². The smallest absolute Gasteiger partial charge is 0.273 e. The topological polar surface area (TPSA) is 74.2 Å². The van der Waals surface area contributed by atoms with Crippen LogP contribution in [-0.2, 0) is 0 Å². The molecule has 3 aromatic rings. The van der Waals surface area contributed by atoms with Crippen molar-refractivity contribution in [2.45, 2.75) is 27.7 Å². The second-order valence-electron chi connectivity index (χ2n) is 7.71. The number of anilines is 3. The molecular formula is C22H26N6OS. The third-order valence-electron chi connectivity index (χ3n) is 5.20. The lowest BCUT2D eigenvalue weighted by Crippen LogP contribution is -2.49. The molecule has 30 heavy (non-hydrogen) atoms. The number of carbonyl (C=O) groups is 1. The number of amides is 1. The van der Waals surface area contributed by atoms with Crippen LogP contribution in [0.5, 0.6) is 0 Å². The summed E-state index contributed by atoms with van der Waals surface area (Å²) in [5, 5.41) is 5.53. The van der Waals surface area contributed by atoms with Crippen LogP contribution < -0.4 is 10.2 Å². The summed E-state index contributed by atoms with van der Waals surface area (Å²) in [7, 11) is 0. The van der Waals surface area contributed by atoms with Crippen molar-refractivity contribution in [1.29, 1.82) is 0 Å². The minimum absolute atomic E-state index is 0.0266. The van der Waals surface area contributed by atoms with E-state index in [1.165, 1.54) is 28.2 Å². The molecule has 1 saturated heterocycles. The van der Waals surface area contributed by atoms with E-state index in [1.807, 2.05) is 24.8 Å². The Morgan fingerprint density at radius 2 is 1.67 bits per heavy atom. The summed E-state index contributed by atoms with van der Waals surface area (Å²) in [5.74, 6) is 0.476. The van der Waals surface area contributed by atoms with Crippen molar-refractivity contribution in [2.24, 2.45) is 0 Å². The van der Waals surface area contributed by atoms with E-state index in [1.54, 1.807) is 5.38 Å². The molecule has 1 fully saturated rings. The lowest BCUT2D eigenvalue weighted by atomic mass is 10.1. The highest BCUT2D eigenvalue weighted by molar-refractivity contribution is 7.14. The number of hydrogen-bond acceptors (Lipinski definition) is 7. The lowest BCUT2D eigenvalue weighted by Gasteiger charge is -2.36. The van der Waals surface area contributed by atoms with Crippen LogP contribution in [0.3, 0.4) is 0 Å². The fourth-order valence-corrected chi connectivity index (χ4v) is 4.36. The molecule has 7 nitrogen and oxygen atoms in total. The van der Waals surface area contributed by atoms with Gasteiger partial charge in [0.15, 0.2) is 5.13 Å². The molecular weight excluding hydrogens is 396 g/mol. The Kier molecular flexibility index (Phi) is 5.67. The van der Waals surface area contributed by atoms with Crippen molar-refractivity contribution in [3.63, 3.8) is 0 Å². The molecule has 0 radical (unpaired) electrons. The quantitative estimate of drug-likeness (QED) is 0.688. The molecule has 1 aliphatic heterocycles. The number of thiazole rings is 1. The number of nitrogens with one attached hydrogen (secondary N) is 1. The Morgan fingerprint density at radius 3 is 2.37 bits per heavy atom. The molecule has 1 amide bonds. The van der Waals surface area contributed by atoms with Gasteiger partial charge in [-0.2, -0.15) is 0 Å². The van der Waals surface area contributed by atoms with E-state index in [9.17, 15) is 4.79 Å². The predicted molar refractivity (Wildman–Crippen MR) is 121 cm³/mol. The number of nitrogens with zero attached hydrogens (tertiary/aromatic N) is 5. The number of aromatic nitrogens is 3. The summed E-state index contributed by atoms with van der Waals surface area (Å²) in [5.41, 5.74) is 6.02. The second kappa shape index (κ2) is 8.39. The second-order valence-corrected chi connectivity index (χ2v) is 8.56. The molecule has 0 spiro atoms. The molecule has 0 atom stereocenters. The van der Waals surface area contributed by atoms with E-state index in [0.29, 0.717) is 29.9 Å². The minimum atomic E-state index is -0.0266. The summed E-state index contributed by atoms with van der Waals surface area (Å²) in [4.78, 5) is 30.4. The highest BCUT2D eigenvalue weighted by atomic mass is 32.1. The molecule has 0 bridgehead atoms. The zero-order valence-corrected chi connectivity index (χ0v) is 18.6. The van der Waals surface area contributed by atoms with Gasteiger partial charge in [0.25, 0.3) is 5.91 Å². The highest BCUT2D eigenvalue weighted by Gasteiger charge is 2.24. The fourth-order valence-electron chi connectivity index (χ4n) is 3.68. The summed E-state index contributed by atoms with van der Waals surface area (Å²) >= 11 is 1.39. The van der Waals surface area contributed by atoms with Crippen LogP contribution >= 0.6 is 11.3 Å². The van der Waals surface area contributed by atoms with Crippen LogP contribution in [0.1, 0.15) is 33.0 Å². The Hall–Kier alpha value is -3.00. The molecule has 0 saturated carbocycles. The molecule has 4 rings (SSSR count). The Labute approximate surface area is 180 Å². The number of benzene rings is 1. The Balaban J connectivity index is 1.39. The number of rotatable bonds is 4. The number of aryl methyl sites for hydroxylation is 4. The number of piperazine rings is 1. The van der Waals surface area contributed by atoms with Gasteiger partial charge >= 0.3 is 0 Å². The van der Waals surface area contributed by atoms with E-state index in [2.05, 4.69) is 57.2 Å².